The number of aromatic amines is 1. The summed E-state index contributed by atoms with van der Waals surface area (Å²) in [6, 6.07) is 7.31. The van der Waals surface area contributed by atoms with Gasteiger partial charge in [0.05, 0.1) is 25.2 Å². The molecule has 0 spiro atoms. The number of fused-ring (bicyclic) bond motifs is 1. The van der Waals surface area contributed by atoms with E-state index in [0.29, 0.717) is 16.7 Å². The Morgan fingerprint density at radius 3 is 1.86 bits per heavy atom. The SMILES string of the molecule is CNC(=N)NCCC[C@H](NC(=O)[C@H](CC(C)C)NC(=O)[C@H](CO)NC(=O)[C@H](Cc1ccccc1)NC(=O)[C@@H](NC(=O)[C@H](CC(N)=O)NC(=O)[C@@H]1C[C@@H](O)CN1C(=O)[C@@H](Cc1ccc(O)cc1)NC(C)=O)[C@@H](C)O)C(=O)N[C@@H](Cc1c[nH]c2ccccc12)C(N)=O. The Kier molecular flexibility index (Phi) is 27.0. The molecule has 1 aliphatic heterocycles. The van der Waals surface area contributed by atoms with E-state index in [1.54, 1.807) is 50.4 Å². The molecular weight excluding hydrogens is 1170 g/mol. The Morgan fingerprint density at radius 2 is 1.23 bits per heavy atom. The number of aliphatic hydroxyl groups excluding tert-OH is 3. The lowest BCUT2D eigenvalue weighted by molar-refractivity contribution is -0.142. The van der Waals surface area contributed by atoms with Crippen molar-refractivity contribution < 1.29 is 73.2 Å². The van der Waals surface area contributed by atoms with Gasteiger partial charge in [0.15, 0.2) is 5.96 Å². The summed E-state index contributed by atoms with van der Waals surface area (Å²) in [5.74, 6) is -11.0. The van der Waals surface area contributed by atoms with E-state index >= 15 is 0 Å². The monoisotopic (exact) mass is 1250 g/mol. The highest BCUT2D eigenvalue weighted by Crippen LogP contribution is 2.23. The van der Waals surface area contributed by atoms with Gasteiger partial charge < -0.3 is 94.9 Å². The molecular formula is C60H83N15O15. The number of nitrogens with two attached hydrogens (primary N) is 2. The van der Waals surface area contributed by atoms with Gasteiger partial charge in [-0.2, -0.15) is 0 Å². The summed E-state index contributed by atoms with van der Waals surface area (Å²) >= 11 is 0. The third-order valence-corrected chi connectivity index (χ3v) is 14.7. The van der Waals surface area contributed by atoms with Crippen molar-refractivity contribution in [1.29, 1.82) is 5.41 Å². The maximum Gasteiger partial charge on any atom is 0.246 e. The van der Waals surface area contributed by atoms with Crippen molar-refractivity contribution in [2.24, 2.45) is 17.4 Å². The number of carbonyl (C=O) groups is 11. The van der Waals surface area contributed by atoms with Crippen LogP contribution in [0.1, 0.15) is 76.5 Å². The van der Waals surface area contributed by atoms with Gasteiger partial charge in [-0.25, -0.2) is 0 Å². The third kappa shape index (κ3) is 21.6. The zero-order chi connectivity index (χ0) is 66.4. The predicted octanol–water partition coefficient (Wildman–Crippen LogP) is -3.93. The summed E-state index contributed by atoms with van der Waals surface area (Å²) in [7, 11) is 1.53. The number of H-pyrrole nitrogens is 1. The number of primary amides is 2. The van der Waals surface area contributed by atoms with Gasteiger partial charge in [0.25, 0.3) is 0 Å². The second kappa shape index (κ2) is 34.2. The molecule has 0 aliphatic carbocycles. The molecule has 4 aromatic rings. The smallest absolute Gasteiger partial charge is 0.246 e. The summed E-state index contributed by atoms with van der Waals surface area (Å²) in [4.78, 5) is 155. The number of aromatic hydroxyl groups is 1. The molecule has 1 fully saturated rings. The Bertz CT molecular complexity index is 3180. The van der Waals surface area contributed by atoms with Crippen LogP contribution in [0.3, 0.4) is 0 Å². The molecule has 30 heteroatoms. The van der Waals surface area contributed by atoms with Crippen LogP contribution in [-0.2, 0) is 72.0 Å². The number of hydrogen-bond donors (Lipinski definition) is 18. The molecule has 90 heavy (non-hydrogen) atoms. The first-order chi connectivity index (χ1) is 42.7. The van der Waals surface area contributed by atoms with Gasteiger partial charge in [-0.3, -0.25) is 58.1 Å². The maximum absolute atomic E-state index is 14.3. The van der Waals surface area contributed by atoms with Crippen LogP contribution < -0.4 is 64.6 Å². The molecule has 1 saturated heterocycles. The van der Waals surface area contributed by atoms with Crippen molar-refractivity contribution in [3.63, 3.8) is 0 Å². The normalized spacial score (nSPS) is 16.7. The lowest BCUT2D eigenvalue weighted by atomic mass is 10.0. The third-order valence-electron chi connectivity index (χ3n) is 14.7. The van der Waals surface area contributed by atoms with E-state index < -0.39 is 145 Å². The number of benzene rings is 3. The molecule has 11 amide bonds. The molecule has 5 rings (SSSR count). The first-order valence-corrected chi connectivity index (χ1v) is 29.3. The number of hydrogen-bond acceptors (Lipinski definition) is 16. The molecule has 1 aliphatic rings. The number of phenolic OH excluding ortho intramolecular Hbond substituents is 1. The fourth-order valence-corrected chi connectivity index (χ4v) is 10.1. The van der Waals surface area contributed by atoms with Gasteiger partial charge in [0.2, 0.25) is 65.0 Å². The highest BCUT2D eigenvalue weighted by atomic mass is 16.3. The van der Waals surface area contributed by atoms with Gasteiger partial charge in [0, 0.05) is 69.8 Å². The zero-order valence-electron chi connectivity index (χ0n) is 50.7. The van der Waals surface area contributed by atoms with Crippen molar-refractivity contribution in [2.45, 2.75) is 146 Å². The van der Waals surface area contributed by atoms with Crippen LogP contribution in [0.4, 0.5) is 0 Å². The molecule has 0 radical (unpaired) electrons. The van der Waals surface area contributed by atoms with Crippen LogP contribution in [0.15, 0.2) is 85.1 Å². The average Bonchev–Trinajstić information content (AvgIpc) is 1.68. The van der Waals surface area contributed by atoms with E-state index in [1.807, 2.05) is 24.3 Å². The van der Waals surface area contributed by atoms with Gasteiger partial charge in [-0.1, -0.05) is 74.5 Å². The van der Waals surface area contributed by atoms with Crippen molar-refractivity contribution in [3.8, 4) is 5.75 Å². The minimum Gasteiger partial charge on any atom is -0.508 e. The Morgan fingerprint density at radius 1 is 0.667 bits per heavy atom. The van der Waals surface area contributed by atoms with Crippen molar-refractivity contribution in [2.75, 3.05) is 26.7 Å². The summed E-state index contributed by atoms with van der Waals surface area (Å²) in [6.45, 7) is 4.53. The number of likely N-dealkylation sites (tertiary alicyclic amines) is 1. The summed E-state index contributed by atoms with van der Waals surface area (Å²) in [6.07, 6.45) is -2.75. The molecule has 1 aromatic heterocycles. The van der Waals surface area contributed by atoms with Crippen LogP contribution in [0.5, 0.6) is 5.75 Å². The number of aromatic nitrogens is 1. The van der Waals surface area contributed by atoms with Crippen LogP contribution in [-0.4, -0.2) is 195 Å². The largest absolute Gasteiger partial charge is 0.508 e. The molecule has 488 valence electrons. The highest BCUT2D eigenvalue weighted by molar-refractivity contribution is 6.00. The van der Waals surface area contributed by atoms with E-state index in [2.05, 4.69) is 58.2 Å². The summed E-state index contributed by atoms with van der Waals surface area (Å²) in [5, 5.41) is 76.0. The molecule has 11 atom stereocenters. The second-order valence-corrected chi connectivity index (χ2v) is 22.4. The number of β-amino-alcohol motifs (C(OH)–C–C–N with tert-alkyl or cyclic N) is 1. The van der Waals surface area contributed by atoms with E-state index in [-0.39, 0.29) is 75.7 Å². The lowest BCUT2D eigenvalue weighted by Gasteiger charge is -2.30. The predicted molar refractivity (Wildman–Crippen MR) is 326 cm³/mol. The zero-order valence-corrected chi connectivity index (χ0v) is 50.7. The van der Waals surface area contributed by atoms with Crippen LogP contribution in [0, 0.1) is 11.3 Å². The molecule has 0 bridgehead atoms. The molecule has 0 saturated carbocycles. The van der Waals surface area contributed by atoms with Crippen LogP contribution >= 0.6 is 0 Å². The molecule has 0 unspecified atom stereocenters. The van der Waals surface area contributed by atoms with E-state index in [9.17, 15) is 73.2 Å². The van der Waals surface area contributed by atoms with Crippen LogP contribution in [0.2, 0.25) is 0 Å². The number of nitrogens with zero attached hydrogens (tertiary/aromatic N) is 1. The average molecular weight is 1250 g/mol. The quantitative estimate of drug-likeness (QED) is 0.0123. The first-order valence-electron chi connectivity index (χ1n) is 29.3. The van der Waals surface area contributed by atoms with Gasteiger partial charge in [0.1, 0.15) is 60.1 Å². The molecule has 30 nitrogen and oxygen atoms in total. The fraction of sp³-hybridized carbons (Fsp3) is 0.467. The molecule has 20 N–H and O–H groups in total. The number of guanidine groups is 1. The number of amides is 11. The minimum absolute atomic E-state index is 0.00288. The number of carbonyl (C=O) groups excluding carboxylic acids is 11. The van der Waals surface area contributed by atoms with Gasteiger partial charge in [-0.15, -0.1) is 0 Å². The van der Waals surface area contributed by atoms with Crippen molar-refractivity contribution in [3.05, 3.63) is 102 Å². The number of phenols is 1. The molecule has 3 aromatic carbocycles. The van der Waals surface area contributed by atoms with E-state index in [1.165, 1.54) is 38.2 Å². The lowest BCUT2D eigenvalue weighted by Crippen LogP contribution is -2.62. The number of rotatable bonds is 33. The Labute approximate surface area is 519 Å². The van der Waals surface area contributed by atoms with E-state index in [0.717, 1.165) is 22.7 Å². The molecule has 2 heterocycles. The van der Waals surface area contributed by atoms with Crippen LogP contribution in [0.25, 0.3) is 10.9 Å². The van der Waals surface area contributed by atoms with E-state index in [4.69, 9.17) is 16.9 Å². The second-order valence-electron chi connectivity index (χ2n) is 22.4. The Hall–Kier alpha value is -9.68. The minimum atomic E-state index is -1.93. The van der Waals surface area contributed by atoms with Crippen molar-refractivity contribution in [1.82, 2.24) is 63.1 Å². The first kappa shape index (κ1) is 71.1. The number of para-hydroxylation sites is 1. The Balaban J connectivity index is 1.31. The van der Waals surface area contributed by atoms with Gasteiger partial charge in [-0.05, 0) is 67.0 Å². The topological polar surface area (TPSA) is 484 Å². The number of nitrogens with one attached hydrogen (secondary N) is 12. The summed E-state index contributed by atoms with van der Waals surface area (Å²) in [5.41, 5.74) is 13.7. The number of aliphatic hydroxyl groups is 3. The van der Waals surface area contributed by atoms with Gasteiger partial charge >= 0.3 is 0 Å². The van der Waals surface area contributed by atoms with Crippen molar-refractivity contribution >= 4 is 81.8 Å². The maximum atomic E-state index is 14.3. The standard InChI is InChI=1S/C60H83N15O15/c1-31(2)22-43(53(84)68-41(16-11-21-65-60(63)64-5)52(83)69-42(51(62)82)25-36-28-66-40-15-10-9-14-39(36)40)70-56(87)47(30-76)73-54(85)44(23-34-12-7-6-8-13-34)72-58(89)50(32(3)77)74-55(86)45(27-49(61)81)71-57(88)48-26-38(80)29-75(48)59(90)46(67-33(4)78)24-35-17-19-37(79)20-18-35/h6-10,12-15,17-20,28,31-32,38,41-48,50,66,76-77,79-80H,11,16,21-27,29-30H2,1-5H3,(H2,61,81)(H2,62,82)(H,67,78)(H,68,84)(H,69,83)(H,70,87)(H,71,88)(H,72,89)(H,73,85)(H,74,86)(H3,63,64,65)/t32-,38-,41+,42+,43+,44+,45+,46-,47+,48+,50+/m1/s1. The highest BCUT2D eigenvalue weighted by Gasteiger charge is 2.43. The fourth-order valence-electron chi connectivity index (χ4n) is 10.1. The summed E-state index contributed by atoms with van der Waals surface area (Å²) < 4.78 is 0.